The molecule has 0 spiro atoms. The van der Waals surface area contributed by atoms with E-state index in [4.69, 9.17) is 9.52 Å². The third-order valence-corrected chi connectivity index (χ3v) is 4.35. The van der Waals surface area contributed by atoms with Gasteiger partial charge in [0, 0.05) is 17.5 Å². The van der Waals surface area contributed by atoms with E-state index >= 15 is 0 Å². The number of nitrogens with zero attached hydrogens (tertiary/aromatic N) is 2. The molecular weight excluding hydrogens is 294 g/mol. The predicted octanol–water partition coefficient (Wildman–Crippen LogP) is 4.04. The van der Waals surface area contributed by atoms with Crippen LogP contribution >= 0.6 is 0 Å². The van der Waals surface area contributed by atoms with Crippen molar-refractivity contribution < 1.29 is 14.3 Å². The Labute approximate surface area is 135 Å². The smallest absolute Gasteiger partial charge is 0.320 e. The molecule has 0 saturated carbocycles. The number of carboxylic acids is 1. The van der Waals surface area contributed by atoms with Crippen LogP contribution in [-0.2, 0) is 10.2 Å². The van der Waals surface area contributed by atoms with Crippen molar-refractivity contribution in [2.75, 3.05) is 5.32 Å². The number of carbonyl (C=O) groups is 1. The van der Waals surface area contributed by atoms with Crippen molar-refractivity contribution in [2.24, 2.45) is 0 Å². The average Bonchev–Trinajstić information content (AvgIpc) is 3.00. The summed E-state index contributed by atoms with van der Waals surface area (Å²) in [6.45, 7) is 6.05. The summed E-state index contributed by atoms with van der Waals surface area (Å²) in [6, 6.07) is 8.20. The van der Waals surface area contributed by atoms with E-state index in [9.17, 15) is 4.79 Å². The van der Waals surface area contributed by atoms with Gasteiger partial charge >= 0.3 is 12.0 Å². The van der Waals surface area contributed by atoms with E-state index in [-0.39, 0.29) is 6.42 Å². The summed E-state index contributed by atoms with van der Waals surface area (Å²) in [4.78, 5) is 10.9. The van der Waals surface area contributed by atoms with E-state index in [1.54, 1.807) is 0 Å². The lowest BCUT2D eigenvalue weighted by atomic mass is 9.78. The minimum Gasteiger partial charge on any atom is -0.481 e. The lowest BCUT2D eigenvalue weighted by Crippen LogP contribution is -2.26. The molecule has 0 radical (unpaired) electrons. The number of hydrogen-bond acceptors (Lipinski definition) is 5. The van der Waals surface area contributed by atoms with E-state index in [0.29, 0.717) is 18.3 Å². The lowest BCUT2D eigenvalue weighted by Gasteiger charge is -2.26. The Morgan fingerprint density at radius 1 is 1.22 bits per heavy atom. The number of benzene rings is 1. The SMILES string of the molecule is CCC(CC)(CCC(=O)O)c1nnc(Nc2ccc(C)cc2)o1. The molecule has 0 unspecified atom stereocenters. The standard InChI is InChI=1S/C17H23N3O3/c1-4-17(5-2,11-10-14(21)22)15-19-20-16(23-15)18-13-8-6-12(3)7-9-13/h6-9H,4-5,10-11H2,1-3H3,(H,18,20)(H,21,22). The Kier molecular flexibility index (Phi) is 5.36. The van der Waals surface area contributed by atoms with Gasteiger partial charge in [-0.15, -0.1) is 5.10 Å². The first-order valence-corrected chi connectivity index (χ1v) is 7.88. The maximum Gasteiger partial charge on any atom is 0.320 e. The van der Waals surface area contributed by atoms with Crippen LogP contribution < -0.4 is 5.32 Å². The van der Waals surface area contributed by atoms with Gasteiger partial charge in [0.05, 0.1) is 0 Å². The zero-order valence-electron chi connectivity index (χ0n) is 13.8. The Morgan fingerprint density at radius 2 is 1.87 bits per heavy atom. The van der Waals surface area contributed by atoms with E-state index < -0.39 is 11.4 Å². The van der Waals surface area contributed by atoms with Gasteiger partial charge in [0.25, 0.3) is 0 Å². The van der Waals surface area contributed by atoms with Crippen LogP contribution in [0.5, 0.6) is 0 Å². The van der Waals surface area contributed by atoms with Crippen molar-refractivity contribution in [3.05, 3.63) is 35.7 Å². The number of nitrogens with one attached hydrogen (secondary N) is 1. The molecule has 1 aromatic heterocycles. The molecule has 6 heteroatoms. The second-order valence-corrected chi connectivity index (χ2v) is 5.78. The maximum absolute atomic E-state index is 10.9. The van der Waals surface area contributed by atoms with Gasteiger partial charge in [0.15, 0.2) is 0 Å². The molecule has 124 valence electrons. The summed E-state index contributed by atoms with van der Waals surface area (Å²) in [5.74, 6) is -0.313. The second kappa shape index (κ2) is 7.26. The highest BCUT2D eigenvalue weighted by Gasteiger charge is 2.34. The number of aryl methyl sites for hydroxylation is 1. The minimum atomic E-state index is -0.811. The summed E-state index contributed by atoms with van der Waals surface area (Å²) in [7, 11) is 0. The van der Waals surface area contributed by atoms with Gasteiger partial charge in [0.2, 0.25) is 5.89 Å². The van der Waals surface area contributed by atoms with Gasteiger partial charge in [-0.3, -0.25) is 4.79 Å². The molecule has 0 aliphatic carbocycles. The van der Waals surface area contributed by atoms with E-state index in [1.807, 2.05) is 45.0 Å². The molecule has 6 nitrogen and oxygen atoms in total. The quantitative estimate of drug-likeness (QED) is 0.763. The first kappa shape index (κ1) is 17.0. The number of aromatic nitrogens is 2. The molecule has 0 saturated heterocycles. The zero-order chi connectivity index (χ0) is 16.9. The molecule has 0 fully saturated rings. The van der Waals surface area contributed by atoms with Crippen LogP contribution in [0, 0.1) is 6.92 Å². The van der Waals surface area contributed by atoms with Crippen LogP contribution in [0.15, 0.2) is 28.7 Å². The van der Waals surface area contributed by atoms with Crippen molar-refractivity contribution >= 4 is 17.7 Å². The number of hydrogen-bond donors (Lipinski definition) is 2. The molecule has 0 aliphatic heterocycles. The summed E-state index contributed by atoms with van der Waals surface area (Å²) in [6.07, 6.45) is 2.08. The Hall–Kier alpha value is -2.37. The molecule has 0 aliphatic rings. The van der Waals surface area contributed by atoms with E-state index in [1.165, 1.54) is 5.56 Å². The van der Waals surface area contributed by atoms with E-state index in [0.717, 1.165) is 18.5 Å². The van der Waals surface area contributed by atoms with Gasteiger partial charge < -0.3 is 14.8 Å². The van der Waals surface area contributed by atoms with Gasteiger partial charge in [-0.25, -0.2) is 0 Å². The topological polar surface area (TPSA) is 88.2 Å². The molecule has 0 atom stereocenters. The zero-order valence-corrected chi connectivity index (χ0v) is 13.8. The average molecular weight is 317 g/mol. The molecule has 2 N–H and O–H groups in total. The van der Waals surface area contributed by atoms with Crippen LogP contribution in [0.4, 0.5) is 11.7 Å². The van der Waals surface area contributed by atoms with Gasteiger partial charge in [-0.05, 0) is 38.3 Å². The molecular formula is C17H23N3O3. The summed E-state index contributed by atoms with van der Waals surface area (Å²) < 4.78 is 5.77. The molecule has 2 aromatic rings. The highest BCUT2D eigenvalue weighted by molar-refractivity contribution is 5.66. The fraction of sp³-hybridized carbons (Fsp3) is 0.471. The van der Waals surface area contributed by atoms with Crippen molar-refractivity contribution in [3.63, 3.8) is 0 Å². The van der Waals surface area contributed by atoms with Crippen LogP contribution in [0.25, 0.3) is 0 Å². The Morgan fingerprint density at radius 3 is 2.43 bits per heavy atom. The monoisotopic (exact) mass is 317 g/mol. The van der Waals surface area contributed by atoms with Crippen molar-refractivity contribution in [2.45, 2.75) is 51.9 Å². The molecule has 1 heterocycles. The third-order valence-electron chi connectivity index (χ3n) is 4.35. The lowest BCUT2D eigenvalue weighted by molar-refractivity contribution is -0.137. The molecule has 1 aromatic carbocycles. The third kappa shape index (κ3) is 4.09. The number of anilines is 2. The van der Waals surface area contributed by atoms with Crippen molar-refractivity contribution in [1.29, 1.82) is 0 Å². The van der Waals surface area contributed by atoms with Crippen LogP contribution in [0.2, 0.25) is 0 Å². The molecule has 23 heavy (non-hydrogen) atoms. The number of rotatable bonds is 8. The number of carboxylic acid groups (broad SMARTS) is 1. The van der Waals surface area contributed by atoms with Crippen LogP contribution in [0.1, 0.15) is 51.0 Å². The largest absolute Gasteiger partial charge is 0.481 e. The van der Waals surface area contributed by atoms with Crippen LogP contribution in [-0.4, -0.2) is 21.3 Å². The summed E-state index contributed by atoms with van der Waals surface area (Å²) >= 11 is 0. The predicted molar refractivity (Wildman–Crippen MR) is 87.9 cm³/mol. The fourth-order valence-electron chi connectivity index (χ4n) is 2.61. The number of aliphatic carboxylic acids is 1. The van der Waals surface area contributed by atoms with E-state index in [2.05, 4.69) is 15.5 Å². The fourth-order valence-corrected chi connectivity index (χ4v) is 2.61. The highest BCUT2D eigenvalue weighted by Crippen LogP contribution is 2.36. The Balaban J connectivity index is 2.17. The Bertz CT molecular complexity index is 645. The molecule has 0 bridgehead atoms. The first-order chi connectivity index (χ1) is 11.0. The normalized spacial score (nSPS) is 11.4. The second-order valence-electron chi connectivity index (χ2n) is 5.78. The molecule has 0 amide bonds. The van der Waals surface area contributed by atoms with Gasteiger partial charge in [-0.1, -0.05) is 36.6 Å². The summed E-state index contributed by atoms with van der Waals surface area (Å²) in [5.41, 5.74) is 1.65. The molecule has 2 rings (SSSR count). The van der Waals surface area contributed by atoms with Crippen LogP contribution in [0.3, 0.4) is 0 Å². The minimum absolute atomic E-state index is 0.0881. The van der Waals surface area contributed by atoms with Gasteiger partial charge in [0.1, 0.15) is 0 Å². The van der Waals surface area contributed by atoms with Crippen molar-refractivity contribution in [3.8, 4) is 0 Å². The highest BCUT2D eigenvalue weighted by atomic mass is 16.4. The first-order valence-electron chi connectivity index (χ1n) is 7.88. The maximum atomic E-state index is 10.9. The van der Waals surface area contributed by atoms with Crippen molar-refractivity contribution in [1.82, 2.24) is 10.2 Å². The van der Waals surface area contributed by atoms with Gasteiger partial charge in [-0.2, -0.15) is 0 Å². The summed E-state index contributed by atoms with van der Waals surface area (Å²) in [5, 5.41) is 20.2.